The Bertz CT molecular complexity index is 1160. The molecule has 0 bridgehead atoms. The van der Waals surface area contributed by atoms with Crippen LogP contribution in [-0.2, 0) is 35.0 Å². The third-order valence-electron chi connectivity index (χ3n) is 6.71. The van der Waals surface area contributed by atoms with Crippen molar-refractivity contribution in [1.29, 1.82) is 0 Å². The Labute approximate surface area is 261 Å². The van der Waals surface area contributed by atoms with Crippen LogP contribution in [0.5, 0.6) is 5.75 Å². The zero-order valence-electron chi connectivity index (χ0n) is 27.2. The first-order chi connectivity index (χ1) is 19.4. The van der Waals surface area contributed by atoms with Crippen molar-refractivity contribution < 1.29 is 32.6 Å². The molecule has 1 aliphatic rings. The van der Waals surface area contributed by atoms with E-state index in [4.69, 9.17) is 39.1 Å². The van der Waals surface area contributed by atoms with Gasteiger partial charge in [-0.3, -0.25) is 0 Å². The molecule has 0 amide bonds. The predicted octanol–water partition coefficient (Wildman–Crippen LogP) is 7.18. The van der Waals surface area contributed by atoms with Crippen LogP contribution in [0, 0.1) is 0 Å². The fourth-order valence-electron chi connectivity index (χ4n) is 5.25. The Morgan fingerprint density at radius 2 is 1.40 bits per heavy atom. The van der Waals surface area contributed by atoms with E-state index in [1.807, 2.05) is 49.4 Å². The molecule has 0 aromatic heterocycles. The number of benzene rings is 2. The lowest BCUT2D eigenvalue weighted by atomic mass is 9.87. The van der Waals surface area contributed by atoms with Crippen LogP contribution in [0.15, 0.2) is 42.5 Å². The molecule has 0 aliphatic carbocycles. The number of halogens is 1. The molecule has 42 heavy (non-hydrogen) atoms. The van der Waals surface area contributed by atoms with Crippen molar-refractivity contribution >= 4 is 36.6 Å². The van der Waals surface area contributed by atoms with Crippen molar-refractivity contribution in [2.45, 2.75) is 102 Å². The Hall–Kier alpha value is -1.06. The minimum absolute atomic E-state index is 0.252. The lowest BCUT2D eigenvalue weighted by molar-refractivity contribution is -0.358. The summed E-state index contributed by atoms with van der Waals surface area (Å²) in [4.78, 5) is 0. The van der Waals surface area contributed by atoms with E-state index in [0.717, 1.165) is 22.4 Å². The van der Waals surface area contributed by atoms with Gasteiger partial charge in [-0.15, -0.1) is 0 Å². The molecule has 2 aromatic rings. The van der Waals surface area contributed by atoms with Crippen LogP contribution in [0.3, 0.4) is 0 Å². The van der Waals surface area contributed by atoms with E-state index in [1.54, 1.807) is 7.11 Å². The first-order valence-corrected chi connectivity index (χ1v) is 25.4. The Balaban J connectivity index is 2.17. The van der Waals surface area contributed by atoms with Crippen molar-refractivity contribution in [2.24, 2.45) is 0 Å². The third kappa shape index (κ3) is 9.23. The van der Waals surface area contributed by atoms with Gasteiger partial charge in [0, 0.05) is 17.7 Å². The lowest BCUT2D eigenvalue weighted by Crippen LogP contribution is -2.69. The summed E-state index contributed by atoms with van der Waals surface area (Å²) in [7, 11) is -4.77. The van der Waals surface area contributed by atoms with E-state index >= 15 is 0 Å². The molecule has 1 aliphatic heterocycles. The number of ether oxygens (including phenoxy) is 3. The molecule has 1 N–H and O–H groups in total. The molecule has 1 heterocycles. The average molecular weight is 655 g/mol. The Morgan fingerprint density at radius 1 is 0.833 bits per heavy atom. The van der Waals surface area contributed by atoms with Gasteiger partial charge in [0.05, 0.1) is 13.2 Å². The monoisotopic (exact) mass is 654 g/mol. The SMILES string of the molecule is CCOc1ccc(Cc2cc([C@]3(OC)O[C@H](CO)C(O[Si](C)(C)C)C(O[Si](C)(C)C)C3O[Si](C)(C)C)ccc2Cl)cc1. The van der Waals surface area contributed by atoms with Gasteiger partial charge in [-0.05, 0) is 108 Å². The van der Waals surface area contributed by atoms with Gasteiger partial charge in [-0.25, -0.2) is 0 Å². The van der Waals surface area contributed by atoms with Crippen LogP contribution >= 0.6 is 11.6 Å². The van der Waals surface area contributed by atoms with Crippen LogP contribution in [0.2, 0.25) is 63.9 Å². The van der Waals surface area contributed by atoms with E-state index in [9.17, 15) is 5.11 Å². The van der Waals surface area contributed by atoms with Crippen molar-refractivity contribution in [3.05, 3.63) is 64.2 Å². The standard InChI is InChI=1S/C31H51ClO7Si3/c1-12-35-25-16-13-22(14-17-25)19-23-20-24(15-18-26(23)32)31(34-2)30(39-42(9,10)11)29(38-41(6,7)8)28(27(21-33)36-31)37-40(3,4)5/h13-18,20,27-30,33H,12,19,21H2,1-11H3/t27-,28?,29?,30?,31+/m1/s1. The van der Waals surface area contributed by atoms with Crippen molar-refractivity contribution in [3.8, 4) is 5.75 Å². The molecular weight excluding hydrogens is 604 g/mol. The highest BCUT2D eigenvalue weighted by Gasteiger charge is 2.60. The number of aliphatic hydroxyl groups excluding tert-OH is 1. The molecule has 1 saturated heterocycles. The van der Waals surface area contributed by atoms with E-state index in [1.165, 1.54) is 0 Å². The molecule has 3 unspecified atom stereocenters. The Morgan fingerprint density at radius 3 is 1.90 bits per heavy atom. The van der Waals surface area contributed by atoms with Gasteiger partial charge in [0.2, 0.25) is 5.79 Å². The highest BCUT2D eigenvalue weighted by Crippen LogP contribution is 2.46. The van der Waals surface area contributed by atoms with Gasteiger partial charge < -0.3 is 32.6 Å². The third-order valence-corrected chi connectivity index (χ3v) is 10.00. The van der Waals surface area contributed by atoms with Gasteiger partial charge in [0.25, 0.3) is 0 Å². The van der Waals surface area contributed by atoms with Gasteiger partial charge in [0.1, 0.15) is 30.2 Å². The van der Waals surface area contributed by atoms with E-state index in [0.29, 0.717) is 18.1 Å². The fraction of sp³-hybridized carbons (Fsp3) is 0.613. The average Bonchev–Trinajstić information content (AvgIpc) is 2.87. The lowest BCUT2D eigenvalue weighted by Gasteiger charge is -2.55. The zero-order valence-corrected chi connectivity index (χ0v) is 31.0. The van der Waals surface area contributed by atoms with E-state index < -0.39 is 55.2 Å². The predicted molar refractivity (Wildman–Crippen MR) is 177 cm³/mol. The molecular formula is C31H51ClO7Si3. The van der Waals surface area contributed by atoms with Crippen LogP contribution in [0.4, 0.5) is 0 Å². The summed E-state index contributed by atoms with van der Waals surface area (Å²) in [5.41, 5.74) is 2.78. The first kappa shape index (κ1) is 35.4. The van der Waals surface area contributed by atoms with Crippen LogP contribution in [-0.4, -0.2) is 74.8 Å². The minimum Gasteiger partial charge on any atom is -0.494 e. The zero-order chi connectivity index (χ0) is 31.5. The normalized spacial score (nSPS) is 25.5. The highest BCUT2D eigenvalue weighted by molar-refractivity contribution is 6.70. The maximum absolute atomic E-state index is 10.7. The molecule has 3 rings (SSSR count). The van der Waals surface area contributed by atoms with Crippen molar-refractivity contribution in [2.75, 3.05) is 20.3 Å². The van der Waals surface area contributed by atoms with E-state index in [2.05, 4.69) is 58.9 Å². The molecule has 1 fully saturated rings. The quantitative estimate of drug-likeness (QED) is 0.229. The fourth-order valence-corrected chi connectivity index (χ4v) is 8.66. The molecule has 2 aromatic carbocycles. The number of aliphatic hydroxyl groups is 1. The van der Waals surface area contributed by atoms with Crippen LogP contribution in [0.25, 0.3) is 0 Å². The number of methoxy groups -OCH3 is 1. The second kappa shape index (κ2) is 13.9. The molecule has 11 heteroatoms. The van der Waals surface area contributed by atoms with Crippen molar-refractivity contribution in [3.63, 3.8) is 0 Å². The second-order valence-corrected chi connectivity index (χ2v) is 27.6. The van der Waals surface area contributed by atoms with Crippen LogP contribution < -0.4 is 4.74 Å². The minimum atomic E-state index is -2.19. The summed E-state index contributed by atoms with van der Waals surface area (Å²) in [5, 5.41) is 11.3. The number of hydrogen-bond acceptors (Lipinski definition) is 7. The maximum atomic E-state index is 10.7. The largest absolute Gasteiger partial charge is 0.494 e. The maximum Gasteiger partial charge on any atom is 0.223 e. The summed E-state index contributed by atoms with van der Waals surface area (Å²) < 4.78 is 39.3. The van der Waals surface area contributed by atoms with Crippen molar-refractivity contribution in [1.82, 2.24) is 0 Å². The van der Waals surface area contributed by atoms with Crippen LogP contribution in [0.1, 0.15) is 23.6 Å². The van der Waals surface area contributed by atoms with Gasteiger partial charge in [0.15, 0.2) is 25.0 Å². The summed E-state index contributed by atoms with van der Waals surface area (Å²) in [6, 6.07) is 13.9. The number of hydrogen-bond donors (Lipinski definition) is 1. The molecule has 7 nitrogen and oxygen atoms in total. The molecule has 5 atom stereocenters. The second-order valence-electron chi connectivity index (χ2n) is 13.8. The molecule has 0 radical (unpaired) electrons. The smallest absolute Gasteiger partial charge is 0.223 e. The highest BCUT2D eigenvalue weighted by atomic mass is 35.5. The van der Waals surface area contributed by atoms with Gasteiger partial charge >= 0.3 is 0 Å². The Kier molecular flexibility index (Phi) is 11.7. The van der Waals surface area contributed by atoms with Gasteiger partial charge in [-0.2, -0.15) is 0 Å². The summed E-state index contributed by atoms with van der Waals surface area (Å²) in [6.07, 6.45) is -1.77. The molecule has 0 saturated carbocycles. The first-order valence-electron chi connectivity index (χ1n) is 14.8. The summed E-state index contributed by atoms with van der Waals surface area (Å²) >= 11 is 6.76. The molecule has 0 spiro atoms. The molecule has 236 valence electrons. The number of rotatable bonds is 13. The summed E-state index contributed by atoms with van der Waals surface area (Å²) in [6.45, 7) is 21.6. The summed E-state index contributed by atoms with van der Waals surface area (Å²) in [5.74, 6) is -0.532. The van der Waals surface area contributed by atoms with Gasteiger partial charge in [-0.1, -0.05) is 29.8 Å². The van der Waals surface area contributed by atoms with E-state index in [-0.39, 0.29) is 6.61 Å². The topological polar surface area (TPSA) is 75.6 Å².